The Morgan fingerprint density at radius 3 is 2.77 bits per heavy atom. The normalized spacial score (nSPS) is 21.3. The van der Waals surface area contributed by atoms with Crippen LogP contribution in [0.3, 0.4) is 0 Å². The zero-order valence-corrected chi connectivity index (χ0v) is 17.6. The summed E-state index contributed by atoms with van der Waals surface area (Å²) in [5.41, 5.74) is 1.50. The summed E-state index contributed by atoms with van der Waals surface area (Å²) in [7, 11) is 0. The van der Waals surface area contributed by atoms with Crippen LogP contribution in [-0.4, -0.2) is 51.2 Å². The molecule has 1 spiro atoms. The average molecular weight is 421 g/mol. The molecule has 0 bridgehead atoms. The Hall–Kier alpha value is -2.80. The largest absolute Gasteiger partial charge is 0.342 e. The molecule has 1 aromatic carbocycles. The predicted molar refractivity (Wildman–Crippen MR) is 116 cm³/mol. The van der Waals surface area contributed by atoms with Gasteiger partial charge in [-0.15, -0.1) is 11.3 Å². The van der Waals surface area contributed by atoms with Gasteiger partial charge in [-0.3, -0.25) is 14.6 Å². The molecule has 0 aliphatic carbocycles. The van der Waals surface area contributed by atoms with Crippen LogP contribution >= 0.6 is 11.3 Å². The molecule has 2 aliphatic rings. The van der Waals surface area contributed by atoms with Gasteiger partial charge >= 0.3 is 0 Å². The molecule has 0 N–H and O–H groups in total. The zero-order valence-electron chi connectivity index (χ0n) is 16.8. The number of aryl methyl sites for hydroxylation is 1. The number of carbonyl (C=O) groups excluding carboxylic acids is 2. The third-order valence-corrected chi connectivity index (χ3v) is 7.37. The molecule has 2 fully saturated rings. The first-order chi connectivity index (χ1) is 14.6. The van der Waals surface area contributed by atoms with Crippen LogP contribution < -0.4 is 0 Å². The Labute approximate surface area is 179 Å². The molecular weight excluding hydrogens is 396 g/mol. The first-order valence-corrected chi connectivity index (χ1v) is 11.3. The number of thiazole rings is 1. The lowest BCUT2D eigenvalue weighted by Crippen LogP contribution is -2.38. The lowest BCUT2D eigenvalue weighted by molar-refractivity contribution is -0.137. The summed E-state index contributed by atoms with van der Waals surface area (Å²) in [5.74, 6) is 0.303. The number of aromatic nitrogens is 2. The molecule has 154 valence electrons. The van der Waals surface area contributed by atoms with Crippen LogP contribution in [0.1, 0.15) is 30.0 Å². The minimum absolute atomic E-state index is 0.127. The predicted octanol–water partition coefficient (Wildman–Crippen LogP) is 3.28. The highest BCUT2D eigenvalue weighted by Gasteiger charge is 2.51. The van der Waals surface area contributed by atoms with E-state index in [0.717, 1.165) is 40.3 Å². The lowest BCUT2D eigenvalue weighted by atomic mass is 9.85. The van der Waals surface area contributed by atoms with Gasteiger partial charge in [0.1, 0.15) is 0 Å². The summed E-state index contributed by atoms with van der Waals surface area (Å²) in [6, 6.07) is 13.8. The molecule has 2 aromatic heterocycles. The van der Waals surface area contributed by atoms with E-state index in [1.54, 1.807) is 17.5 Å². The van der Waals surface area contributed by atoms with Crippen molar-refractivity contribution in [2.75, 3.05) is 19.6 Å². The van der Waals surface area contributed by atoms with Crippen LogP contribution in [-0.2, 0) is 22.6 Å². The van der Waals surface area contributed by atoms with E-state index in [2.05, 4.69) is 16.0 Å². The van der Waals surface area contributed by atoms with Crippen molar-refractivity contribution in [3.05, 3.63) is 59.4 Å². The quantitative estimate of drug-likeness (QED) is 0.635. The van der Waals surface area contributed by atoms with Crippen LogP contribution in [0.15, 0.2) is 48.7 Å². The standard InChI is InChI=1S/C23H24N4O2S/c28-21(9-8-20-25-18-6-1-2-7-19(18)30-20)27-14-11-23(16-27)10-13-26(22(23)29)15-17-5-3-4-12-24-17/h1-7,12H,8-11,13-16H2. The molecule has 5 rings (SSSR count). The molecule has 2 aliphatic heterocycles. The molecule has 30 heavy (non-hydrogen) atoms. The van der Waals surface area contributed by atoms with Gasteiger partial charge in [0.15, 0.2) is 0 Å². The number of amides is 2. The van der Waals surface area contributed by atoms with Crippen molar-refractivity contribution < 1.29 is 9.59 Å². The molecule has 6 nitrogen and oxygen atoms in total. The van der Waals surface area contributed by atoms with E-state index >= 15 is 0 Å². The Morgan fingerprint density at radius 2 is 1.93 bits per heavy atom. The zero-order chi connectivity index (χ0) is 20.6. The lowest BCUT2D eigenvalue weighted by Gasteiger charge is -2.23. The molecule has 0 saturated carbocycles. The van der Waals surface area contributed by atoms with Crippen LogP contribution in [0.5, 0.6) is 0 Å². The molecule has 2 amide bonds. The highest BCUT2D eigenvalue weighted by Crippen LogP contribution is 2.41. The highest BCUT2D eigenvalue weighted by atomic mass is 32.1. The van der Waals surface area contributed by atoms with Gasteiger partial charge in [-0.2, -0.15) is 0 Å². The number of fused-ring (bicyclic) bond motifs is 1. The fraction of sp³-hybridized carbons (Fsp3) is 0.391. The Morgan fingerprint density at radius 1 is 1.10 bits per heavy atom. The third-order valence-electron chi connectivity index (χ3n) is 6.28. The molecule has 3 aromatic rings. The van der Waals surface area contributed by atoms with Gasteiger partial charge < -0.3 is 9.80 Å². The number of rotatable bonds is 5. The van der Waals surface area contributed by atoms with E-state index in [1.165, 1.54) is 0 Å². The van der Waals surface area contributed by atoms with Crippen molar-refractivity contribution in [2.24, 2.45) is 5.41 Å². The van der Waals surface area contributed by atoms with Crippen LogP contribution in [0, 0.1) is 5.41 Å². The molecule has 1 unspecified atom stereocenters. The van der Waals surface area contributed by atoms with Gasteiger partial charge in [0.05, 0.1) is 32.9 Å². The molecule has 0 radical (unpaired) electrons. The van der Waals surface area contributed by atoms with E-state index in [4.69, 9.17) is 0 Å². The van der Waals surface area contributed by atoms with Crippen LogP contribution in [0.2, 0.25) is 0 Å². The summed E-state index contributed by atoms with van der Waals surface area (Å²) in [6.45, 7) is 2.50. The smallest absolute Gasteiger partial charge is 0.231 e. The second kappa shape index (κ2) is 7.80. The van der Waals surface area contributed by atoms with Crippen molar-refractivity contribution in [1.82, 2.24) is 19.8 Å². The van der Waals surface area contributed by atoms with E-state index < -0.39 is 5.41 Å². The Balaban J connectivity index is 1.19. The number of carbonyl (C=O) groups is 2. The van der Waals surface area contributed by atoms with Crippen molar-refractivity contribution in [1.29, 1.82) is 0 Å². The minimum atomic E-state index is -0.402. The topological polar surface area (TPSA) is 66.4 Å². The summed E-state index contributed by atoms with van der Waals surface area (Å²) in [5, 5.41) is 0.997. The van der Waals surface area contributed by atoms with Crippen LogP contribution in [0.25, 0.3) is 10.2 Å². The fourth-order valence-electron chi connectivity index (χ4n) is 4.59. The van der Waals surface area contributed by atoms with Crippen molar-refractivity contribution in [2.45, 2.75) is 32.2 Å². The van der Waals surface area contributed by atoms with Gasteiger partial charge in [0, 0.05) is 38.7 Å². The van der Waals surface area contributed by atoms with E-state index in [9.17, 15) is 9.59 Å². The van der Waals surface area contributed by atoms with Gasteiger partial charge in [-0.25, -0.2) is 4.98 Å². The summed E-state index contributed by atoms with van der Waals surface area (Å²) < 4.78 is 1.16. The maximum atomic E-state index is 13.1. The number of para-hydroxylation sites is 1. The van der Waals surface area contributed by atoms with Gasteiger partial charge in [-0.05, 0) is 37.1 Å². The third kappa shape index (κ3) is 3.58. The first kappa shape index (κ1) is 19.2. The number of benzene rings is 1. The summed E-state index contributed by atoms with van der Waals surface area (Å²) >= 11 is 1.65. The van der Waals surface area contributed by atoms with Crippen molar-refractivity contribution >= 4 is 33.4 Å². The van der Waals surface area contributed by atoms with E-state index in [0.29, 0.717) is 32.5 Å². The van der Waals surface area contributed by atoms with Crippen LogP contribution in [0.4, 0.5) is 0 Å². The highest BCUT2D eigenvalue weighted by molar-refractivity contribution is 7.18. The van der Waals surface area contributed by atoms with Crippen molar-refractivity contribution in [3.8, 4) is 0 Å². The molecule has 2 saturated heterocycles. The van der Waals surface area contributed by atoms with Gasteiger partial charge in [-0.1, -0.05) is 18.2 Å². The number of hydrogen-bond donors (Lipinski definition) is 0. The maximum absolute atomic E-state index is 13.1. The second-order valence-electron chi connectivity index (χ2n) is 8.22. The summed E-state index contributed by atoms with van der Waals surface area (Å²) in [4.78, 5) is 38.7. The van der Waals surface area contributed by atoms with Gasteiger partial charge in [0.25, 0.3) is 0 Å². The molecular formula is C23H24N4O2S. The average Bonchev–Trinajstić information content (AvgIpc) is 3.47. The SMILES string of the molecule is O=C(CCc1nc2ccccc2s1)N1CCC2(CCN(Cc3ccccn3)C2=O)C1. The monoisotopic (exact) mass is 420 g/mol. The number of nitrogens with zero attached hydrogens (tertiary/aromatic N) is 4. The van der Waals surface area contributed by atoms with E-state index in [1.807, 2.05) is 46.2 Å². The maximum Gasteiger partial charge on any atom is 0.231 e. The molecule has 7 heteroatoms. The second-order valence-corrected chi connectivity index (χ2v) is 9.33. The van der Waals surface area contributed by atoms with Crippen molar-refractivity contribution in [3.63, 3.8) is 0 Å². The fourth-order valence-corrected chi connectivity index (χ4v) is 5.56. The summed E-state index contributed by atoms with van der Waals surface area (Å²) in [6.07, 6.45) is 4.44. The minimum Gasteiger partial charge on any atom is -0.342 e. The number of hydrogen-bond acceptors (Lipinski definition) is 5. The Kier molecular flexibility index (Phi) is 4.98. The van der Waals surface area contributed by atoms with E-state index in [-0.39, 0.29) is 11.8 Å². The number of pyridine rings is 1. The first-order valence-electron chi connectivity index (χ1n) is 10.4. The molecule has 1 atom stereocenters. The number of likely N-dealkylation sites (tertiary alicyclic amines) is 2. The molecule has 4 heterocycles. The van der Waals surface area contributed by atoms with Gasteiger partial charge in [0.2, 0.25) is 11.8 Å². The Bertz CT molecular complexity index is 1050.